The highest BCUT2D eigenvalue weighted by atomic mass is 32.2. The Morgan fingerprint density at radius 1 is 1.43 bits per heavy atom. The highest BCUT2D eigenvalue weighted by molar-refractivity contribution is 7.98. The van der Waals surface area contributed by atoms with E-state index in [1.807, 2.05) is 11.8 Å². The zero-order chi connectivity index (χ0) is 9.97. The van der Waals surface area contributed by atoms with Gasteiger partial charge in [-0.2, -0.15) is 0 Å². The van der Waals surface area contributed by atoms with Gasteiger partial charge in [0, 0.05) is 10.9 Å². The first kappa shape index (κ1) is 10.1. The Morgan fingerprint density at radius 2 is 2.29 bits per heavy atom. The molecule has 0 saturated carbocycles. The Labute approximate surface area is 90.3 Å². The number of nitrogens with one attached hydrogen (secondary N) is 1. The lowest BCUT2D eigenvalue weighted by atomic mass is 10.0. The molecular weight excluding hydrogens is 190 g/mol. The number of hydrogen-bond donors (Lipinski definition) is 1. The van der Waals surface area contributed by atoms with Crippen molar-refractivity contribution in [3.05, 3.63) is 29.3 Å². The highest BCUT2D eigenvalue weighted by Gasteiger charge is 2.16. The van der Waals surface area contributed by atoms with E-state index >= 15 is 0 Å². The average Bonchev–Trinajstić information content (AvgIpc) is 2.71. The summed E-state index contributed by atoms with van der Waals surface area (Å²) < 4.78 is 0. The minimum absolute atomic E-state index is 0.599. The number of benzene rings is 1. The molecule has 1 saturated heterocycles. The molecular formula is C12H17NS. The van der Waals surface area contributed by atoms with Gasteiger partial charge in [-0.25, -0.2) is 0 Å². The van der Waals surface area contributed by atoms with Crippen LogP contribution in [0.3, 0.4) is 0 Å². The van der Waals surface area contributed by atoms with Crippen LogP contribution in [0.2, 0.25) is 0 Å². The normalized spacial score (nSPS) is 21.4. The molecule has 1 nitrogen and oxygen atoms in total. The fourth-order valence-corrected chi connectivity index (χ4v) is 2.67. The second-order valence-corrected chi connectivity index (χ2v) is 4.73. The maximum atomic E-state index is 3.53. The first-order chi connectivity index (χ1) is 6.81. The Hall–Kier alpha value is -0.470. The molecule has 0 bridgehead atoms. The van der Waals surface area contributed by atoms with Crippen LogP contribution in [0, 0.1) is 6.92 Å². The van der Waals surface area contributed by atoms with E-state index in [4.69, 9.17) is 0 Å². The Morgan fingerprint density at radius 3 is 2.93 bits per heavy atom. The fourth-order valence-electron chi connectivity index (χ4n) is 2.02. The highest BCUT2D eigenvalue weighted by Crippen LogP contribution is 2.28. The Balaban J connectivity index is 2.25. The maximum absolute atomic E-state index is 3.53. The van der Waals surface area contributed by atoms with Crippen LogP contribution in [0.1, 0.15) is 30.0 Å². The average molecular weight is 207 g/mol. The summed E-state index contributed by atoms with van der Waals surface area (Å²) in [5.74, 6) is 0. The van der Waals surface area contributed by atoms with Crippen LogP contribution in [0.5, 0.6) is 0 Å². The molecule has 1 aliphatic heterocycles. The van der Waals surface area contributed by atoms with E-state index in [0.717, 1.165) is 0 Å². The van der Waals surface area contributed by atoms with Gasteiger partial charge in [0.15, 0.2) is 0 Å². The van der Waals surface area contributed by atoms with Crippen LogP contribution in [-0.4, -0.2) is 12.8 Å². The van der Waals surface area contributed by atoms with E-state index in [1.165, 1.54) is 35.4 Å². The quantitative estimate of drug-likeness (QED) is 0.748. The van der Waals surface area contributed by atoms with E-state index in [1.54, 1.807) is 0 Å². The van der Waals surface area contributed by atoms with E-state index in [2.05, 4.69) is 36.7 Å². The summed E-state index contributed by atoms with van der Waals surface area (Å²) in [5.41, 5.74) is 2.84. The lowest BCUT2D eigenvalue weighted by Gasteiger charge is -2.12. The Bertz CT molecular complexity index is 316. The first-order valence-corrected chi connectivity index (χ1v) is 6.41. The molecule has 1 aliphatic rings. The number of rotatable bonds is 2. The van der Waals surface area contributed by atoms with Gasteiger partial charge in [-0.1, -0.05) is 12.1 Å². The van der Waals surface area contributed by atoms with E-state index < -0.39 is 0 Å². The standard InChI is InChI=1S/C12H17NS/c1-9-5-6-10(8-12(9)14-2)11-4-3-7-13-11/h5-6,8,11,13H,3-4,7H2,1-2H3. The van der Waals surface area contributed by atoms with Gasteiger partial charge in [0.1, 0.15) is 0 Å². The van der Waals surface area contributed by atoms with Crippen LogP contribution >= 0.6 is 11.8 Å². The van der Waals surface area contributed by atoms with Crippen molar-refractivity contribution < 1.29 is 0 Å². The molecule has 2 heteroatoms. The van der Waals surface area contributed by atoms with Crippen LogP contribution in [0.4, 0.5) is 0 Å². The van der Waals surface area contributed by atoms with Crippen molar-refractivity contribution >= 4 is 11.8 Å². The third-order valence-corrected chi connectivity index (χ3v) is 3.77. The molecule has 14 heavy (non-hydrogen) atoms. The zero-order valence-electron chi connectivity index (χ0n) is 8.84. The molecule has 1 fully saturated rings. The fraction of sp³-hybridized carbons (Fsp3) is 0.500. The maximum Gasteiger partial charge on any atom is 0.0321 e. The van der Waals surface area contributed by atoms with Gasteiger partial charge in [-0.3, -0.25) is 0 Å². The lowest BCUT2D eigenvalue weighted by Crippen LogP contribution is -2.12. The minimum Gasteiger partial charge on any atom is -0.310 e. The second kappa shape index (κ2) is 4.37. The molecule has 1 aromatic rings. The molecule has 2 rings (SSSR count). The molecule has 0 aromatic heterocycles. The molecule has 0 radical (unpaired) electrons. The Kier molecular flexibility index (Phi) is 3.14. The number of thioether (sulfide) groups is 1. The molecule has 0 amide bonds. The summed E-state index contributed by atoms with van der Waals surface area (Å²) in [6.07, 6.45) is 4.75. The van der Waals surface area contributed by atoms with Gasteiger partial charge >= 0.3 is 0 Å². The first-order valence-electron chi connectivity index (χ1n) is 5.19. The molecule has 1 unspecified atom stereocenters. The third-order valence-electron chi connectivity index (χ3n) is 2.89. The summed E-state index contributed by atoms with van der Waals surface area (Å²) in [5, 5.41) is 3.53. The van der Waals surface area contributed by atoms with Crippen LogP contribution in [0.25, 0.3) is 0 Å². The summed E-state index contributed by atoms with van der Waals surface area (Å²) in [4.78, 5) is 1.41. The molecule has 0 spiro atoms. The summed E-state index contributed by atoms with van der Waals surface area (Å²) in [7, 11) is 0. The van der Waals surface area contributed by atoms with Crippen LogP contribution < -0.4 is 5.32 Å². The molecule has 1 atom stereocenters. The minimum atomic E-state index is 0.599. The largest absolute Gasteiger partial charge is 0.310 e. The topological polar surface area (TPSA) is 12.0 Å². The predicted octanol–water partition coefficient (Wildman–Crippen LogP) is 3.14. The van der Waals surface area contributed by atoms with Crippen molar-refractivity contribution in [3.8, 4) is 0 Å². The molecule has 76 valence electrons. The van der Waals surface area contributed by atoms with Crippen LogP contribution in [0.15, 0.2) is 23.1 Å². The van der Waals surface area contributed by atoms with Crippen LogP contribution in [-0.2, 0) is 0 Å². The van der Waals surface area contributed by atoms with Crippen molar-refractivity contribution in [3.63, 3.8) is 0 Å². The van der Waals surface area contributed by atoms with Gasteiger partial charge in [0.2, 0.25) is 0 Å². The number of aryl methyl sites for hydroxylation is 1. The van der Waals surface area contributed by atoms with E-state index in [9.17, 15) is 0 Å². The van der Waals surface area contributed by atoms with Crippen molar-refractivity contribution in [1.82, 2.24) is 5.32 Å². The molecule has 1 heterocycles. The summed E-state index contributed by atoms with van der Waals surface area (Å²) >= 11 is 1.84. The van der Waals surface area contributed by atoms with Crippen molar-refractivity contribution in [2.75, 3.05) is 12.8 Å². The monoisotopic (exact) mass is 207 g/mol. The van der Waals surface area contributed by atoms with Crippen molar-refractivity contribution in [1.29, 1.82) is 0 Å². The summed E-state index contributed by atoms with van der Waals surface area (Å²) in [6.45, 7) is 3.35. The van der Waals surface area contributed by atoms with Crippen molar-refractivity contribution in [2.45, 2.75) is 30.7 Å². The predicted molar refractivity (Wildman–Crippen MR) is 62.9 cm³/mol. The van der Waals surface area contributed by atoms with E-state index in [-0.39, 0.29) is 0 Å². The molecule has 0 aliphatic carbocycles. The third kappa shape index (κ3) is 1.96. The van der Waals surface area contributed by atoms with E-state index in [0.29, 0.717) is 6.04 Å². The van der Waals surface area contributed by atoms with Gasteiger partial charge in [0.05, 0.1) is 0 Å². The van der Waals surface area contributed by atoms with Gasteiger partial charge in [-0.05, 0) is 49.8 Å². The second-order valence-electron chi connectivity index (χ2n) is 3.88. The summed E-state index contributed by atoms with van der Waals surface area (Å²) in [6, 6.07) is 7.43. The number of hydrogen-bond acceptors (Lipinski definition) is 2. The smallest absolute Gasteiger partial charge is 0.0321 e. The van der Waals surface area contributed by atoms with Gasteiger partial charge in [-0.15, -0.1) is 11.8 Å². The van der Waals surface area contributed by atoms with Gasteiger partial charge in [0.25, 0.3) is 0 Å². The van der Waals surface area contributed by atoms with Crippen molar-refractivity contribution in [2.24, 2.45) is 0 Å². The zero-order valence-corrected chi connectivity index (χ0v) is 9.66. The van der Waals surface area contributed by atoms with Gasteiger partial charge < -0.3 is 5.32 Å². The SMILES string of the molecule is CSc1cc(C2CCCN2)ccc1C. The lowest BCUT2D eigenvalue weighted by molar-refractivity contribution is 0.646. The molecule has 1 aromatic carbocycles. The molecule has 1 N–H and O–H groups in total.